The molecule has 3 aromatic carbocycles. The third kappa shape index (κ3) is 2.95. The Bertz CT molecular complexity index is 1510. The number of aliphatic hydroxyl groups excluding tert-OH is 1. The van der Waals surface area contributed by atoms with Crippen LogP contribution in [0.2, 0.25) is 0 Å². The van der Waals surface area contributed by atoms with Crippen LogP contribution in [0.15, 0.2) is 72.0 Å². The van der Waals surface area contributed by atoms with Gasteiger partial charge in [-0.1, -0.05) is 48.5 Å². The highest BCUT2D eigenvalue weighted by atomic mass is 16.3. The highest BCUT2D eigenvalue weighted by Gasteiger charge is 2.42. The number of phenols is 1. The number of ketones is 2. The molecular weight excluding hydrogens is 428 g/mol. The van der Waals surface area contributed by atoms with Crippen LogP contribution in [-0.2, 0) is 9.59 Å². The van der Waals surface area contributed by atoms with Gasteiger partial charge in [-0.15, -0.1) is 0 Å². The fraction of sp³-hybridized carbons (Fsp3) is 0.143. The summed E-state index contributed by atoms with van der Waals surface area (Å²) in [4.78, 5) is 30.3. The molecule has 6 nitrogen and oxygen atoms in total. The van der Waals surface area contributed by atoms with Gasteiger partial charge >= 0.3 is 0 Å². The summed E-state index contributed by atoms with van der Waals surface area (Å²) in [7, 11) is 7.44. The summed E-state index contributed by atoms with van der Waals surface area (Å²) in [5, 5.41) is 23.5. The number of phenolic OH excluding ortho intramolecular Hbond substituents is 1. The van der Waals surface area contributed by atoms with E-state index in [0.717, 1.165) is 22.3 Å². The van der Waals surface area contributed by atoms with E-state index in [4.69, 9.17) is 0 Å². The van der Waals surface area contributed by atoms with Crippen LogP contribution in [0.4, 0.5) is 5.69 Å². The SMILES string of the molecule is CN(C)C1=CC(=O)C(=C2C(=O)C(c3c(O)cc(N(C)C)c4ccccc34)=C2O)c2ccccc21. The molecule has 2 aliphatic carbocycles. The van der Waals surface area contributed by atoms with Gasteiger partial charge < -0.3 is 20.0 Å². The molecular formula is C28H24N2O4. The molecule has 2 N–H and O–H groups in total. The Morgan fingerprint density at radius 1 is 0.706 bits per heavy atom. The van der Waals surface area contributed by atoms with Crippen LogP contribution < -0.4 is 4.90 Å². The Morgan fingerprint density at radius 3 is 1.94 bits per heavy atom. The second-order valence-electron chi connectivity index (χ2n) is 8.87. The summed E-state index contributed by atoms with van der Waals surface area (Å²) in [6, 6.07) is 16.3. The Kier molecular flexibility index (Phi) is 4.83. The van der Waals surface area contributed by atoms with Crippen molar-refractivity contribution >= 4 is 44.9 Å². The van der Waals surface area contributed by atoms with E-state index in [0.29, 0.717) is 10.9 Å². The van der Waals surface area contributed by atoms with E-state index in [2.05, 4.69) is 0 Å². The van der Waals surface area contributed by atoms with Crippen LogP contribution >= 0.6 is 0 Å². The van der Waals surface area contributed by atoms with E-state index >= 15 is 0 Å². The average Bonchev–Trinajstić information content (AvgIpc) is 2.81. The van der Waals surface area contributed by atoms with Crippen molar-refractivity contribution in [3.8, 4) is 5.75 Å². The van der Waals surface area contributed by atoms with E-state index in [9.17, 15) is 19.8 Å². The van der Waals surface area contributed by atoms with Crippen molar-refractivity contribution in [2.45, 2.75) is 0 Å². The number of rotatable bonds is 3. The van der Waals surface area contributed by atoms with Crippen LogP contribution in [0.1, 0.15) is 16.7 Å². The van der Waals surface area contributed by atoms with Crippen molar-refractivity contribution in [1.29, 1.82) is 0 Å². The molecule has 34 heavy (non-hydrogen) atoms. The summed E-state index contributed by atoms with van der Waals surface area (Å²) < 4.78 is 0. The van der Waals surface area contributed by atoms with E-state index < -0.39 is 5.78 Å². The summed E-state index contributed by atoms with van der Waals surface area (Å²) in [5.74, 6) is -1.18. The molecule has 0 aromatic heterocycles. The van der Waals surface area contributed by atoms with Crippen molar-refractivity contribution in [3.05, 3.63) is 88.7 Å². The van der Waals surface area contributed by atoms with Crippen LogP contribution in [0.5, 0.6) is 5.75 Å². The Hall–Kier alpha value is -4.32. The second kappa shape index (κ2) is 7.63. The fourth-order valence-electron chi connectivity index (χ4n) is 4.80. The largest absolute Gasteiger partial charge is 0.507 e. The zero-order valence-electron chi connectivity index (χ0n) is 19.4. The number of anilines is 1. The van der Waals surface area contributed by atoms with Gasteiger partial charge in [-0.05, 0) is 10.9 Å². The first-order chi connectivity index (χ1) is 16.2. The third-order valence-electron chi connectivity index (χ3n) is 6.38. The molecule has 170 valence electrons. The third-order valence-corrected chi connectivity index (χ3v) is 6.38. The number of nitrogens with zero attached hydrogens (tertiary/aromatic N) is 2. The molecule has 0 heterocycles. The van der Waals surface area contributed by atoms with Gasteiger partial charge in [0.05, 0.1) is 11.1 Å². The lowest BCUT2D eigenvalue weighted by molar-refractivity contribution is -0.113. The summed E-state index contributed by atoms with van der Waals surface area (Å²) in [6.45, 7) is 0. The molecule has 0 unspecified atom stereocenters. The van der Waals surface area contributed by atoms with Crippen LogP contribution in [0.3, 0.4) is 0 Å². The molecule has 0 atom stereocenters. The zero-order chi connectivity index (χ0) is 24.3. The molecule has 0 spiro atoms. The number of hydrogen-bond acceptors (Lipinski definition) is 6. The van der Waals surface area contributed by atoms with E-state index in [1.807, 2.05) is 74.4 Å². The van der Waals surface area contributed by atoms with Gasteiger partial charge in [0, 0.05) is 73.8 Å². The van der Waals surface area contributed by atoms with Crippen molar-refractivity contribution in [2.24, 2.45) is 0 Å². The molecule has 2 aliphatic rings. The molecule has 0 fully saturated rings. The summed E-state index contributed by atoms with van der Waals surface area (Å²) in [5.41, 5.74) is 3.41. The van der Waals surface area contributed by atoms with E-state index in [1.54, 1.807) is 18.2 Å². The number of aromatic hydroxyl groups is 1. The molecule has 0 radical (unpaired) electrons. The number of aliphatic hydroxyl groups is 1. The number of allylic oxidation sites excluding steroid dienone is 4. The number of Topliss-reactive ketones (excluding diaryl/α,β-unsaturated/α-hetero) is 1. The topological polar surface area (TPSA) is 81.1 Å². The number of hydrogen-bond donors (Lipinski definition) is 2. The molecule has 0 saturated carbocycles. The fourth-order valence-corrected chi connectivity index (χ4v) is 4.80. The molecule has 0 amide bonds. The number of carbonyl (C=O) groups excluding carboxylic acids is 2. The van der Waals surface area contributed by atoms with Gasteiger partial charge in [0.1, 0.15) is 11.5 Å². The van der Waals surface area contributed by atoms with Gasteiger partial charge in [-0.2, -0.15) is 0 Å². The monoisotopic (exact) mass is 452 g/mol. The lowest BCUT2D eigenvalue weighted by atomic mass is 9.75. The highest BCUT2D eigenvalue weighted by Crippen LogP contribution is 2.48. The molecule has 0 saturated heterocycles. The minimum atomic E-state index is -0.463. The van der Waals surface area contributed by atoms with Crippen LogP contribution in [0, 0.1) is 0 Å². The predicted octanol–water partition coefficient (Wildman–Crippen LogP) is 4.40. The number of fused-ring (bicyclic) bond motifs is 2. The molecule has 6 heteroatoms. The number of carbonyl (C=O) groups is 2. The van der Waals surface area contributed by atoms with Gasteiger partial charge in [-0.25, -0.2) is 0 Å². The number of benzene rings is 3. The minimum Gasteiger partial charge on any atom is -0.507 e. The van der Waals surface area contributed by atoms with Gasteiger partial charge in [0.25, 0.3) is 0 Å². The molecule has 0 bridgehead atoms. The van der Waals surface area contributed by atoms with Crippen LogP contribution in [0.25, 0.3) is 27.6 Å². The normalized spacial score (nSPS) is 17.5. The first-order valence-electron chi connectivity index (χ1n) is 10.9. The van der Waals surface area contributed by atoms with Crippen molar-refractivity contribution in [1.82, 2.24) is 4.90 Å². The van der Waals surface area contributed by atoms with Crippen molar-refractivity contribution in [3.63, 3.8) is 0 Å². The highest BCUT2D eigenvalue weighted by molar-refractivity contribution is 6.48. The second-order valence-corrected chi connectivity index (χ2v) is 8.87. The molecule has 5 rings (SSSR count). The lowest BCUT2D eigenvalue weighted by Gasteiger charge is -2.30. The van der Waals surface area contributed by atoms with Gasteiger partial charge in [0.2, 0.25) is 5.78 Å². The quantitative estimate of drug-likeness (QED) is 0.574. The Labute approximate surface area is 197 Å². The van der Waals surface area contributed by atoms with Crippen molar-refractivity contribution < 1.29 is 19.8 Å². The molecule has 0 aliphatic heterocycles. The van der Waals surface area contributed by atoms with Gasteiger partial charge in [-0.3, -0.25) is 9.59 Å². The predicted molar refractivity (Wildman–Crippen MR) is 135 cm³/mol. The Morgan fingerprint density at radius 2 is 1.32 bits per heavy atom. The zero-order valence-corrected chi connectivity index (χ0v) is 19.4. The summed E-state index contributed by atoms with van der Waals surface area (Å²) >= 11 is 0. The van der Waals surface area contributed by atoms with Crippen molar-refractivity contribution in [2.75, 3.05) is 33.1 Å². The lowest BCUT2D eigenvalue weighted by Crippen LogP contribution is -2.27. The minimum absolute atomic E-state index is 0.0123. The maximum absolute atomic E-state index is 13.5. The first-order valence-corrected chi connectivity index (χ1v) is 10.9. The Balaban J connectivity index is 1.76. The maximum Gasteiger partial charge on any atom is 0.202 e. The van der Waals surface area contributed by atoms with E-state index in [1.165, 1.54) is 6.08 Å². The first kappa shape index (κ1) is 21.5. The summed E-state index contributed by atoms with van der Waals surface area (Å²) in [6.07, 6.45) is 1.49. The molecule has 3 aromatic rings. The maximum atomic E-state index is 13.5. The smallest absolute Gasteiger partial charge is 0.202 e. The average molecular weight is 453 g/mol. The van der Waals surface area contributed by atoms with E-state index in [-0.39, 0.29) is 39.6 Å². The van der Waals surface area contributed by atoms with Crippen LogP contribution in [-0.4, -0.2) is 54.9 Å². The van der Waals surface area contributed by atoms with Gasteiger partial charge in [0.15, 0.2) is 5.78 Å². The standard InChI is InChI=1S/C28H24N2O4/c1-29(2)19-13-21(31)23(17-11-7-5-9-15(17)19)25-27(33)26(28(25)34)24-18-12-8-6-10-16(18)20(30(3)4)14-22(24)32/h5-14,31,33H,1-4H3.